The van der Waals surface area contributed by atoms with Crippen molar-refractivity contribution in [2.75, 3.05) is 5.73 Å². The number of hydrogen-bond donors (Lipinski definition) is 1. The van der Waals surface area contributed by atoms with E-state index in [2.05, 4.69) is 16.3 Å². The van der Waals surface area contributed by atoms with Gasteiger partial charge in [0.2, 0.25) is 0 Å². The molecule has 0 aliphatic rings. The normalized spacial score (nSPS) is 11.1. The number of nitro benzene ring substituents is 1. The molecule has 0 heterocycles. The first-order chi connectivity index (χ1) is 6.79. The second-order valence-electron chi connectivity index (χ2n) is 2.53. The molecule has 0 aliphatic carbocycles. The van der Waals surface area contributed by atoms with Crippen LogP contribution < -0.4 is 10.5 Å². The van der Waals surface area contributed by atoms with E-state index in [-0.39, 0.29) is 5.69 Å². The molecule has 1 rings (SSSR count). The molecule has 0 bridgehead atoms. The van der Waals surface area contributed by atoms with Gasteiger partial charge in [0.15, 0.2) is 0 Å². The van der Waals surface area contributed by atoms with Crippen molar-refractivity contribution in [1.82, 2.24) is 0 Å². The fourth-order valence-corrected chi connectivity index (χ4v) is 0.968. The van der Waals surface area contributed by atoms with Crippen LogP contribution >= 0.6 is 11.6 Å². The highest BCUT2D eigenvalue weighted by molar-refractivity contribution is 6.20. The van der Waals surface area contributed by atoms with Gasteiger partial charge in [0.1, 0.15) is 11.4 Å². The number of nitro groups is 1. The Hall–Kier alpha value is -1.63. The number of nitrogens with two attached hydrogens (primary N) is 1. The number of ether oxygens (including phenoxy) is 1. The average molecular weight is 239 g/mol. The highest BCUT2D eigenvalue weighted by Crippen LogP contribution is 2.30. The minimum Gasteiger partial charge on any atom is -0.420 e. The van der Waals surface area contributed by atoms with Crippen molar-refractivity contribution in [2.45, 2.75) is 5.57 Å². The summed E-state index contributed by atoms with van der Waals surface area (Å²) in [5.41, 5.74) is 0.656. The van der Waals surface area contributed by atoms with E-state index >= 15 is 0 Å². The molecule has 1 aromatic carbocycles. The van der Waals surface area contributed by atoms with E-state index in [0.717, 1.165) is 18.2 Å². The van der Waals surface area contributed by atoms with Crippen molar-refractivity contribution in [2.24, 2.45) is 0 Å². The second kappa shape index (κ2) is 3.85. The van der Waals surface area contributed by atoms with Crippen LogP contribution in [-0.4, -0.2) is 10.5 Å². The average Bonchev–Trinajstić information content (AvgIpc) is 2.05. The summed E-state index contributed by atoms with van der Waals surface area (Å²) >= 11 is 4.48. The van der Waals surface area contributed by atoms with E-state index in [9.17, 15) is 18.9 Å². The molecule has 1 aromatic rings. The molecule has 8 heteroatoms. The van der Waals surface area contributed by atoms with E-state index < -0.39 is 21.9 Å². The summed E-state index contributed by atoms with van der Waals surface area (Å²) in [4.78, 5) is 9.58. The van der Waals surface area contributed by atoms with Crippen molar-refractivity contribution in [3.8, 4) is 5.75 Å². The van der Waals surface area contributed by atoms with Gasteiger partial charge < -0.3 is 10.5 Å². The van der Waals surface area contributed by atoms with Crippen LogP contribution in [0.5, 0.6) is 5.75 Å². The molecule has 0 atom stereocenters. The van der Waals surface area contributed by atoms with E-state index in [4.69, 9.17) is 5.73 Å². The molecule has 2 N–H and O–H groups in total. The molecule has 0 aromatic heterocycles. The molecular formula is C7H5ClF2N2O3. The molecular weight excluding hydrogens is 234 g/mol. The fourth-order valence-electron chi connectivity index (χ4n) is 0.879. The summed E-state index contributed by atoms with van der Waals surface area (Å²) in [7, 11) is 0. The van der Waals surface area contributed by atoms with Crippen LogP contribution in [0, 0.1) is 10.1 Å². The number of alkyl halides is 3. The van der Waals surface area contributed by atoms with Crippen LogP contribution in [0.2, 0.25) is 0 Å². The SMILES string of the molecule is Nc1ccc(OC(F)(F)Cl)cc1[N+](=O)[O-]. The molecule has 82 valence electrons. The van der Waals surface area contributed by atoms with Crippen LogP contribution in [-0.2, 0) is 0 Å². The maximum atomic E-state index is 12.2. The van der Waals surface area contributed by atoms with Crippen molar-refractivity contribution in [1.29, 1.82) is 0 Å². The number of benzene rings is 1. The number of hydrogen-bond acceptors (Lipinski definition) is 4. The first-order valence-electron chi connectivity index (χ1n) is 3.59. The van der Waals surface area contributed by atoms with Gasteiger partial charge in [-0.3, -0.25) is 10.1 Å². The van der Waals surface area contributed by atoms with Gasteiger partial charge in [0, 0.05) is 11.6 Å². The summed E-state index contributed by atoms with van der Waals surface area (Å²) in [6.45, 7) is 0. The number of nitrogen functional groups attached to an aromatic ring is 1. The zero-order valence-corrected chi connectivity index (χ0v) is 7.87. The molecule has 0 aliphatic heterocycles. The van der Waals surface area contributed by atoms with E-state index in [1.54, 1.807) is 0 Å². The number of anilines is 1. The van der Waals surface area contributed by atoms with Crippen LogP contribution in [0.4, 0.5) is 20.2 Å². The minimum absolute atomic E-state index is 0.148. The predicted octanol–water partition coefficient (Wildman–Crippen LogP) is 2.34. The Morgan fingerprint density at radius 1 is 1.53 bits per heavy atom. The minimum atomic E-state index is -3.91. The Kier molecular flexibility index (Phi) is 2.94. The smallest absolute Gasteiger partial charge is 0.420 e. The van der Waals surface area contributed by atoms with Crippen LogP contribution in [0.25, 0.3) is 0 Å². The number of halogens is 3. The summed E-state index contributed by atoms with van der Waals surface area (Å²) in [5.74, 6) is -0.434. The largest absolute Gasteiger partial charge is 0.487 e. The molecule has 0 radical (unpaired) electrons. The van der Waals surface area contributed by atoms with Crippen molar-refractivity contribution < 1.29 is 18.4 Å². The molecule has 0 saturated carbocycles. The van der Waals surface area contributed by atoms with Gasteiger partial charge in [0.05, 0.1) is 11.0 Å². The summed E-state index contributed by atoms with van der Waals surface area (Å²) < 4.78 is 28.3. The molecule has 15 heavy (non-hydrogen) atoms. The zero-order chi connectivity index (χ0) is 11.6. The van der Waals surface area contributed by atoms with Crippen molar-refractivity contribution in [3.05, 3.63) is 28.3 Å². The van der Waals surface area contributed by atoms with Crippen molar-refractivity contribution in [3.63, 3.8) is 0 Å². The van der Waals surface area contributed by atoms with Crippen LogP contribution in [0.3, 0.4) is 0 Å². The van der Waals surface area contributed by atoms with Gasteiger partial charge in [-0.1, -0.05) is 0 Å². The van der Waals surface area contributed by atoms with E-state index in [0.29, 0.717) is 0 Å². The molecule has 0 amide bonds. The van der Waals surface area contributed by atoms with Crippen LogP contribution in [0.1, 0.15) is 0 Å². The third-order valence-corrected chi connectivity index (χ3v) is 1.51. The molecule has 0 fully saturated rings. The Morgan fingerprint density at radius 2 is 2.13 bits per heavy atom. The molecule has 0 saturated heterocycles. The Morgan fingerprint density at radius 3 is 2.60 bits per heavy atom. The second-order valence-corrected chi connectivity index (χ2v) is 2.97. The maximum Gasteiger partial charge on any atom is 0.487 e. The standard InChI is InChI=1S/C7H5ClF2N2O3/c8-7(9,10)15-4-1-2-5(11)6(3-4)12(13)14/h1-3H,11H2. The molecule has 5 nitrogen and oxygen atoms in total. The highest BCUT2D eigenvalue weighted by Gasteiger charge is 2.28. The topological polar surface area (TPSA) is 78.4 Å². The van der Waals surface area contributed by atoms with Gasteiger partial charge in [-0.05, 0) is 12.1 Å². The van der Waals surface area contributed by atoms with Gasteiger partial charge in [0.25, 0.3) is 5.69 Å². The lowest BCUT2D eigenvalue weighted by Gasteiger charge is -2.10. The lowest BCUT2D eigenvalue weighted by atomic mass is 10.2. The van der Waals surface area contributed by atoms with Gasteiger partial charge in [-0.15, -0.1) is 8.78 Å². The lowest BCUT2D eigenvalue weighted by Crippen LogP contribution is -2.15. The van der Waals surface area contributed by atoms with Gasteiger partial charge in [-0.2, -0.15) is 0 Å². The monoisotopic (exact) mass is 238 g/mol. The summed E-state index contributed by atoms with van der Waals surface area (Å²) in [6, 6.07) is 2.90. The third-order valence-electron chi connectivity index (χ3n) is 1.43. The zero-order valence-electron chi connectivity index (χ0n) is 7.12. The Bertz CT molecular complexity index is 394. The predicted molar refractivity (Wildman–Crippen MR) is 48.9 cm³/mol. The fraction of sp³-hybridized carbons (Fsp3) is 0.143. The van der Waals surface area contributed by atoms with Gasteiger partial charge >= 0.3 is 5.57 Å². The number of nitrogens with zero attached hydrogens (tertiary/aromatic N) is 1. The van der Waals surface area contributed by atoms with E-state index in [1.807, 2.05) is 0 Å². The summed E-state index contributed by atoms with van der Waals surface area (Å²) in [5, 5.41) is 10.4. The third kappa shape index (κ3) is 3.21. The molecule has 0 unspecified atom stereocenters. The maximum absolute atomic E-state index is 12.2. The lowest BCUT2D eigenvalue weighted by molar-refractivity contribution is -0.384. The first-order valence-corrected chi connectivity index (χ1v) is 3.97. The highest BCUT2D eigenvalue weighted by atomic mass is 35.5. The Balaban J connectivity index is 3.03. The number of rotatable bonds is 3. The van der Waals surface area contributed by atoms with Crippen LogP contribution in [0.15, 0.2) is 18.2 Å². The molecule has 0 spiro atoms. The Labute approximate surface area is 87.5 Å². The quantitative estimate of drug-likeness (QED) is 0.379. The van der Waals surface area contributed by atoms with E-state index in [1.165, 1.54) is 0 Å². The first kappa shape index (κ1) is 11.4. The van der Waals surface area contributed by atoms with Crippen molar-refractivity contribution >= 4 is 23.0 Å². The van der Waals surface area contributed by atoms with Gasteiger partial charge in [-0.25, -0.2) is 0 Å². The summed E-state index contributed by atoms with van der Waals surface area (Å²) in [6.07, 6.45) is 0.